The monoisotopic (exact) mass is 397 g/mol. The van der Waals surface area contributed by atoms with E-state index in [0.29, 0.717) is 11.8 Å². The van der Waals surface area contributed by atoms with E-state index in [9.17, 15) is 9.59 Å². The molecule has 1 heterocycles. The summed E-state index contributed by atoms with van der Waals surface area (Å²) in [5.41, 5.74) is 3.48. The largest absolute Gasteiger partial charge is 0.455 e. The summed E-state index contributed by atoms with van der Waals surface area (Å²) in [7, 11) is 0. The van der Waals surface area contributed by atoms with Crippen LogP contribution in [0.25, 0.3) is 5.69 Å². The molecule has 6 heteroatoms. The van der Waals surface area contributed by atoms with Gasteiger partial charge in [0, 0.05) is 17.3 Å². The first kappa shape index (κ1) is 21.1. The van der Waals surface area contributed by atoms with Crippen molar-refractivity contribution in [2.45, 2.75) is 59.4 Å². The minimum atomic E-state index is -0.413. The number of aromatic nitrogens is 2. The molecule has 156 valence electrons. The Kier molecular flexibility index (Phi) is 6.72. The predicted molar refractivity (Wildman–Crippen MR) is 112 cm³/mol. The van der Waals surface area contributed by atoms with Crippen molar-refractivity contribution in [1.29, 1.82) is 0 Å². The Labute approximate surface area is 172 Å². The van der Waals surface area contributed by atoms with Crippen LogP contribution in [0.15, 0.2) is 30.3 Å². The van der Waals surface area contributed by atoms with Crippen molar-refractivity contribution in [3.8, 4) is 5.69 Å². The van der Waals surface area contributed by atoms with Crippen LogP contribution in [-0.4, -0.2) is 34.3 Å². The summed E-state index contributed by atoms with van der Waals surface area (Å²) >= 11 is 0. The highest BCUT2D eigenvalue weighted by molar-refractivity contribution is 5.81. The Balaban J connectivity index is 1.55. The standard InChI is InChI=1S/C23H31N3O3/c1-15-9-8-12-21(16(15)2)24-22(27)14-29-23(28)13-20-17(3)25-26(18(20)4)19-10-6-5-7-11-19/h5-7,10-11,15-16,21H,8-9,12-14H2,1-4H3,(H,24,27)/t15-,16-,21-/m0/s1. The number of ether oxygens (including phenoxy) is 1. The highest BCUT2D eigenvalue weighted by Crippen LogP contribution is 2.29. The van der Waals surface area contributed by atoms with E-state index in [2.05, 4.69) is 24.3 Å². The lowest BCUT2D eigenvalue weighted by Gasteiger charge is -2.34. The number of benzene rings is 1. The highest BCUT2D eigenvalue weighted by Gasteiger charge is 2.28. The molecule has 0 radical (unpaired) electrons. The predicted octanol–water partition coefficient (Wildman–Crippen LogP) is 3.52. The van der Waals surface area contributed by atoms with Crippen LogP contribution >= 0.6 is 0 Å². The number of amides is 1. The van der Waals surface area contributed by atoms with Gasteiger partial charge in [0.15, 0.2) is 6.61 Å². The third kappa shape index (κ3) is 5.05. The van der Waals surface area contributed by atoms with E-state index in [4.69, 9.17) is 4.74 Å². The summed E-state index contributed by atoms with van der Waals surface area (Å²) in [5, 5.41) is 7.59. The first-order valence-electron chi connectivity index (χ1n) is 10.4. The number of aryl methyl sites for hydroxylation is 1. The second kappa shape index (κ2) is 9.25. The molecule has 29 heavy (non-hydrogen) atoms. The maximum Gasteiger partial charge on any atom is 0.310 e. The summed E-state index contributed by atoms with van der Waals surface area (Å²) in [4.78, 5) is 24.6. The average molecular weight is 398 g/mol. The van der Waals surface area contributed by atoms with Crippen molar-refractivity contribution in [3.05, 3.63) is 47.3 Å². The number of hydrogen-bond donors (Lipinski definition) is 1. The van der Waals surface area contributed by atoms with Gasteiger partial charge in [-0.25, -0.2) is 4.68 Å². The van der Waals surface area contributed by atoms with Crippen molar-refractivity contribution >= 4 is 11.9 Å². The number of rotatable bonds is 6. The van der Waals surface area contributed by atoms with Crippen LogP contribution in [0.1, 0.15) is 50.1 Å². The third-order valence-electron chi connectivity index (χ3n) is 6.18. The molecule has 1 aliphatic rings. The molecule has 1 N–H and O–H groups in total. The van der Waals surface area contributed by atoms with Crippen molar-refractivity contribution in [1.82, 2.24) is 15.1 Å². The van der Waals surface area contributed by atoms with Crippen molar-refractivity contribution in [2.24, 2.45) is 11.8 Å². The van der Waals surface area contributed by atoms with Crippen LogP contribution in [-0.2, 0) is 20.7 Å². The Morgan fingerprint density at radius 1 is 1.17 bits per heavy atom. The summed E-state index contributed by atoms with van der Waals surface area (Å²) in [6, 6.07) is 9.96. The Hall–Kier alpha value is -2.63. The van der Waals surface area contributed by atoms with Crippen molar-refractivity contribution in [3.63, 3.8) is 0 Å². The molecular weight excluding hydrogens is 366 g/mol. The topological polar surface area (TPSA) is 73.2 Å². The van der Waals surface area contributed by atoms with Gasteiger partial charge < -0.3 is 10.1 Å². The fraction of sp³-hybridized carbons (Fsp3) is 0.522. The smallest absolute Gasteiger partial charge is 0.310 e. The zero-order valence-electron chi connectivity index (χ0n) is 17.8. The molecule has 3 atom stereocenters. The van der Waals surface area contributed by atoms with E-state index in [1.165, 1.54) is 6.42 Å². The van der Waals surface area contributed by atoms with Crippen LogP contribution < -0.4 is 5.32 Å². The summed E-state index contributed by atoms with van der Waals surface area (Å²) in [6.45, 7) is 7.99. The van der Waals surface area contributed by atoms with Crippen molar-refractivity contribution in [2.75, 3.05) is 6.61 Å². The fourth-order valence-corrected chi connectivity index (χ4v) is 4.13. The normalized spacial score (nSPS) is 21.6. The van der Waals surface area contributed by atoms with Gasteiger partial charge in [0.2, 0.25) is 0 Å². The molecule has 1 fully saturated rings. The van der Waals surface area contributed by atoms with Gasteiger partial charge in [0.25, 0.3) is 5.91 Å². The summed E-state index contributed by atoms with van der Waals surface area (Å²) in [5.74, 6) is 0.406. The molecule has 0 bridgehead atoms. The van der Waals surface area contributed by atoms with Gasteiger partial charge in [-0.15, -0.1) is 0 Å². The molecule has 1 aliphatic carbocycles. The zero-order valence-corrected chi connectivity index (χ0v) is 17.8. The molecule has 3 rings (SSSR count). The van der Waals surface area contributed by atoms with Gasteiger partial charge in [-0.2, -0.15) is 5.10 Å². The number of carbonyl (C=O) groups excluding carboxylic acids is 2. The van der Waals surface area contributed by atoms with Crippen LogP contribution in [0, 0.1) is 25.7 Å². The van der Waals surface area contributed by atoms with Crippen LogP contribution in [0.5, 0.6) is 0 Å². The Morgan fingerprint density at radius 3 is 2.62 bits per heavy atom. The SMILES string of the molecule is Cc1nn(-c2ccccc2)c(C)c1CC(=O)OCC(=O)N[C@H]1CCC[C@H](C)[C@@H]1C. The van der Waals surface area contributed by atoms with Crippen molar-refractivity contribution < 1.29 is 14.3 Å². The van der Waals surface area contributed by atoms with Gasteiger partial charge in [-0.1, -0.05) is 44.9 Å². The van der Waals surface area contributed by atoms with Crippen LogP contribution in [0.3, 0.4) is 0 Å². The van der Waals surface area contributed by atoms with E-state index >= 15 is 0 Å². The maximum absolute atomic E-state index is 12.3. The summed E-state index contributed by atoms with van der Waals surface area (Å²) in [6.07, 6.45) is 3.43. The number of carbonyl (C=O) groups is 2. The van der Waals surface area contributed by atoms with Crippen LogP contribution in [0.4, 0.5) is 0 Å². The second-order valence-electron chi connectivity index (χ2n) is 8.18. The second-order valence-corrected chi connectivity index (χ2v) is 8.18. The lowest BCUT2D eigenvalue weighted by molar-refractivity contribution is -0.148. The third-order valence-corrected chi connectivity index (χ3v) is 6.18. The number of nitrogens with zero attached hydrogens (tertiary/aromatic N) is 2. The molecule has 1 aromatic heterocycles. The first-order valence-corrected chi connectivity index (χ1v) is 10.4. The van der Waals surface area contributed by atoms with Crippen LogP contribution in [0.2, 0.25) is 0 Å². The lowest BCUT2D eigenvalue weighted by atomic mass is 9.78. The molecular formula is C23H31N3O3. The molecule has 1 aromatic carbocycles. The molecule has 6 nitrogen and oxygen atoms in total. The number of hydrogen-bond acceptors (Lipinski definition) is 4. The minimum absolute atomic E-state index is 0.106. The van der Waals surface area contributed by atoms with Gasteiger partial charge in [-0.05, 0) is 44.2 Å². The molecule has 0 aliphatic heterocycles. The fourth-order valence-electron chi connectivity index (χ4n) is 4.13. The zero-order chi connectivity index (χ0) is 21.0. The van der Waals surface area contributed by atoms with E-state index < -0.39 is 5.97 Å². The van der Waals surface area contributed by atoms with Gasteiger partial charge >= 0.3 is 5.97 Å². The Bertz CT molecular complexity index is 860. The van der Waals surface area contributed by atoms with Gasteiger partial charge in [0.1, 0.15) is 0 Å². The molecule has 0 unspecified atom stereocenters. The Morgan fingerprint density at radius 2 is 1.90 bits per heavy atom. The molecule has 1 amide bonds. The average Bonchev–Trinajstić information content (AvgIpc) is 2.99. The van der Waals surface area contributed by atoms with Gasteiger partial charge in [-0.3, -0.25) is 9.59 Å². The molecule has 2 aromatic rings. The van der Waals surface area contributed by atoms with E-state index in [-0.39, 0.29) is 25.0 Å². The quantitative estimate of drug-likeness (QED) is 0.757. The highest BCUT2D eigenvalue weighted by atomic mass is 16.5. The molecule has 0 spiro atoms. The van der Waals surface area contributed by atoms with E-state index in [1.807, 2.05) is 48.9 Å². The number of esters is 1. The lowest BCUT2D eigenvalue weighted by Crippen LogP contribution is -2.45. The maximum atomic E-state index is 12.3. The van der Waals surface area contributed by atoms with E-state index in [0.717, 1.165) is 35.5 Å². The summed E-state index contributed by atoms with van der Waals surface area (Å²) < 4.78 is 7.08. The van der Waals surface area contributed by atoms with E-state index in [1.54, 1.807) is 0 Å². The molecule has 0 saturated heterocycles. The number of nitrogens with one attached hydrogen (secondary N) is 1. The molecule has 1 saturated carbocycles. The minimum Gasteiger partial charge on any atom is -0.455 e. The van der Waals surface area contributed by atoms with Gasteiger partial charge in [0.05, 0.1) is 17.8 Å². The first-order chi connectivity index (χ1) is 13.9. The number of para-hydroxylation sites is 1.